The topological polar surface area (TPSA) is 84.0 Å². The molecule has 148 valence electrons. The summed E-state index contributed by atoms with van der Waals surface area (Å²) in [5, 5.41) is 0. The Morgan fingerprint density at radius 1 is 1.11 bits per heavy atom. The van der Waals surface area contributed by atoms with Gasteiger partial charge in [-0.25, -0.2) is 18.0 Å². The van der Waals surface area contributed by atoms with Gasteiger partial charge in [0.1, 0.15) is 0 Å². The van der Waals surface area contributed by atoms with Crippen molar-refractivity contribution < 1.29 is 22.7 Å². The largest absolute Gasteiger partial charge is 0.465 e. The number of carbonyl (C=O) groups excluding carboxylic acids is 2. The van der Waals surface area contributed by atoms with Gasteiger partial charge in [0, 0.05) is 25.7 Å². The summed E-state index contributed by atoms with van der Waals surface area (Å²) in [5.74, 6) is -0.323. The average molecular weight is 394 g/mol. The SMILES string of the molecule is COC(=O)c1ccc(CN(C(=O)N2CCS(=O)(=O)CC2)C2CCCC2)cc1. The number of carbonyl (C=O) groups is 2. The molecule has 0 spiro atoms. The molecule has 27 heavy (non-hydrogen) atoms. The van der Waals surface area contributed by atoms with Gasteiger partial charge in [-0.05, 0) is 30.5 Å². The first-order valence-corrected chi connectivity index (χ1v) is 11.1. The highest BCUT2D eigenvalue weighted by atomic mass is 32.2. The number of benzene rings is 1. The second-order valence-corrected chi connectivity index (χ2v) is 9.48. The average Bonchev–Trinajstić information content (AvgIpc) is 3.20. The number of hydrogen-bond acceptors (Lipinski definition) is 5. The molecular formula is C19H26N2O5S. The van der Waals surface area contributed by atoms with Gasteiger partial charge in [0.2, 0.25) is 0 Å². The predicted octanol–water partition coefficient (Wildman–Crippen LogP) is 2.07. The summed E-state index contributed by atoms with van der Waals surface area (Å²) in [6.07, 6.45) is 4.14. The molecule has 2 aliphatic rings. The van der Waals surface area contributed by atoms with Gasteiger partial charge >= 0.3 is 12.0 Å². The molecule has 1 heterocycles. The Morgan fingerprint density at radius 2 is 1.70 bits per heavy atom. The van der Waals surface area contributed by atoms with Crippen molar-refractivity contribution >= 4 is 21.8 Å². The fourth-order valence-electron chi connectivity index (χ4n) is 3.71. The summed E-state index contributed by atoms with van der Waals surface area (Å²) in [6.45, 7) is 0.964. The normalized spacial score (nSPS) is 19.7. The molecule has 0 aromatic heterocycles. The molecule has 7 nitrogen and oxygen atoms in total. The molecule has 0 bridgehead atoms. The minimum absolute atomic E-state index is 0.0328. The zero-order valence-electron chi connectivity index (χ0n) is 15.6. The maximum atomic E-state index is 13.1. The summed E-state index contributed by atoms with van der Waals surface area (Å²) >= 11 is 0. The molecule has 3 rings (SSSR count). The third kappa shape index (κ3) is 4.80. The predicted molar refractivity (Wildman–Crippen MR) is 101 cm³/mol. The first-order valence-electron chi connectivity index (χ1n) is 9.33. The first-order chi connectivity index (χ1) is 12.9. The van der Waals surface area contributed by atoms with E-state index in [9.17, 15) is 18.0 Å². The van der Waals surface area contributed by atoms with Crippen LogP contribution in [-0.2, 0) is 21.1 Å². The molecule has 1 aliphatic heterocycles. The van der Waals surface area contributed by atoms with Gasteiger partial charge < -0.3 is 14.5 Å². The van der Waals surface area contributed by atoms with Gasteiger partial charge in [-0.2, -0.15) is 0 Å². The number of nitrogens with zero attached hydrogens (tertiary/aromatic N) is 2. The van der Waals surface area contributed by atoms with E-state index in [0.29, 0.717) is 12.1 Å². The molecule has 2 amide bonds. The lowest BCUT2D eigenvalue weighted by Crippen LogP contribution is -2.51. The Balaban J connectivity index is 1.73. The lowest BCUT2D eigenvalue weighted by Gasteiger charge is -2.36. The Morgan fingerprint density at radius 3 is 2.26 bits per heavy atom. The number of methoxy groups -OCH3 is 1. The van der Waals surface area contributed by atoms with E-state index < -0.39 is 9.84 Å². The Bertz CT molecular complexity index is 771. The van der Waals surface area contributed by atoms with Crippen LogP contribution in [0.15, 0.2) is 24.3 Å². The van der Waals surface area contributed by atoms with E-state index in [2.05, 4.69) is 0 Å². The van der Waals surface area contributed by atoms with Crippen LogP contribution in [-0.4, -0.2) is 68.0 Å². The molecule has 1 saturated carbocycles. The summed E-state index contributed by atoms with van der Waals surface area (Å²) in [5.41, 5.74) is 1.41. The van der Waals surface area contributed by atoms with Gasteiger partial charge in [-0.1, -0.05) is 25.0 Å². The Hall–Kier alpha value is -2.09. The second kappa shape index (κ2) is 8.29. The molecule has 0 atom stereocenters. The number of rotatable bonds is 4. The zero-order valence-corrected chi connectivity index (χ0v) is 16.4. The molecule has 0 radical (unpaired) electrons. The van der Waals surface area contributed by atoms with Crippen LogP contribution < -0.4 is 0 Å². The molecule has 2 fully saturated rings. The number of ether oxygens (including phenoxy) is 1. The molecule has 1 aliphatic carbocycles. The van der Waals surface area contributed by atoms with E-state index in [-0.39, 0.29) is 42.6 Å². The van der Waals surface area contributed by atoms with E-state index in [4.69, 9.17) is 4.74 Å². The highest BCUT2D eigenvalue weighted by Gasteiger charge is 2.33. The lowest BCUT2D eigenvalue weighted by molar-refractivity contribution is 0.0600. The van der Waals surface area contributed by atoms with Crippen molar-refractivity contribution in [3.63, 3.8) is 0 Å². The van der Waals surface area contributed by atoms with Crippen LogP contribution in [0.1, 0.15) is 41.6 Å². The van der Waals surface area contributed by atoms with Crippen LogP contribution in [0.4, 0.5) is 4.79 Å². The molecule has 0 unspecified atom stereocenters. The maximum absolute atomic E-state index is 13.1. The summed E-state index contributed by atoms with van der Waals surface area (Å²) in [6, 6.07) is 7.16. The van der Waals surface area contributed by atoms with Crippen molar-refractivity contribution in [3.8, 4) is 0 Å². The Kier molecular flexibility index (Phi) is 6.04. The number of sulfone groups is 1. The van der Waals surface area contributed by atoms with E-state index in [1.54, 1.807) is 17.0 Å². The van der Waals surface area contributed by atoms with E-state index in [0.717, 1.165) is 31.2 Å². The van der Waals surface area contributed by atoms with E-state index in [1.807, 2.05) is 17.0 Å². The minimum Gasteiger partial charge on any atom is -0.465 e. The van der Waals surface area contributed by atoms with Gasteiger partial charge in [-0.3, -0.25) is 0 Å². The third-order valence-corrected chi connectivity index (χ3v) is 6.96. The van der Waals surface area contributed by atoms with Gasteiger partial charge in [0.05, 0.1) is 24.2 Å². The van der Waals surface area contributed by atoms with Crippen molar-refractivity contribution in [2.24, 2.45) is 0 Å². The second-order valence-electron chi connectivity index (χ2n) is 7.18. The van der Waals surface area contributed by atoms with Crippen molar-refractivity contribution in [1.29, 1.82) is 0 Å². The van der Waals surface area contributed by atoms with Gasteiger partial charge in [0.15, 0.2) is 9.84 Å². The van der Waals surface area contributed by atoms with E-state index >= 15 is 0 Å². The smallest absolute Gasteiger partial charge is 0.337 e. The van der Waals surface area contributed by atoms with Crippen molar-refractivity contribution in [2.75, 3.05) is 31.7 Å². The molecular weight excluding hydrogens is 368 g/mol. The first kappa shape index (κ1) is 19.7. The monoisotopic (exact) mass is 394 g/mol. The molecule has 0 N–H and O–H groups in total. The minimum atomic E-state index is -3.02. The Labute approximate surface area is 160 Å². The highest BCUT2D eigenvalue weighted by Crippen LogP contribution is 2.26. The molecule has 1 aromatic carbocycles. The van der Waals surface area contributed by atoms with Crippen molar-refractivity contribution in [1.82, 2.24) is 9.80 Å². The van der Waals surface area contributed by atoms with Crippen LogP contribution in [0.25, 0.3) is 0 Å². The maximum Gasteiger partial charge on any atom is 0.337 e. The van der Waals surface area contributed by atoms with Crippen LogP contribution in [0.5, 0.6) is 0 Å². The molecule has 8 heteroatoms. The number of amides is 2. The number of esters is 1. The summed E-state index contributed by atoms with van der Waals surface area (Å²) < 4.78 is 28.0. The summed E-state index contributed by atoms with van der Waals surface area (Å²) in [7, 11) is -1.68. The van der Waals surface area contributed by atoms with Gasteiger partial charge in [-0.15, -0.1) is 0 Å². The quantitative estimate of drug-likeness (QED) is 0.730. The van der Waals surface area contributed by atoms with Crippen LogP contribution >= 0.6 is 0 Å². The standard InChI is InChI=1S/C19H26N2O5S/c1-26-18(22)16-8-6-15(7-9-16)14-21(17-4-2-3-5-17)19(23)20-10-12-27(24,25)13-11-20/h6-9,17H,2-5,10-14H2,1H3. The van der Waals surface area contributed by atoms with Crippen molar-refractivity contribution in [3.05, 3.63) is 35.4 Å². The van der Waals surface area contributed by atoms with Crippen LogP contribution in [0, 0.1) is 0 Å². The third-order valence-electron chi connectivity index (χ3n) is 5.35. The van der Waals surface area contributed by atoms with Crippen LogP contribution in [0.2, 0.25) is 0 Å². The lowest BCUT2D eigenvalue weighted by atomic mass is 10.1. The molecule has 1 aromatic rings. The summed E-state index contributed by atoms with van der Waals surface area (Å²) in [4.78, 5) is 28.2. The highest BCUT2D eigenvalue weighted by molar-refractivity contribution is 7.91. The number of urea groups is 1. The number of hydrogen-bond donors (Lipinski definition) is 0. The van der Waals surface area contributed by atoms with Crippen LogP contribution in [0.3, 0.4) is 0 Å². The molecule has 1 saturated heterocycles. The fraction of sp³-hybridized carbons (Fsp3) is 0.579. The van der Waals surface area contributed by atoms with Gasteiger partial charge in [0.25, 0.3) is 0 Å². The fourth-order valence-corrected chi connectivity index (χ4v) is 4.92. The van der Waals surface area contributed by atoms with E-state index in [1.165, 1.54) is 7.11 Å². The van der Waals surface area contributed by atoms with Crippen molar-refractivity contribution in [2.45, 2.75) is 38.3 Å². The zero-order chi connectivity index (χ0) is 19.4.